The minimum absolute atomic E-state index is 0.00861. The van der Waals surface area contributed by atoms with Crippen molar-refractivity contribution in [3.63, 3.8) is 0 Å². The third kappa shape index (κ3) is 4.63. The van der Waals surface area contributed by atoms with Gasteiger partial charge >= 0.3 is 0 Å². The second-order valence-corrected chi connectivity index (χ2v) is 9.61. The van der Waals surface area contributed by atoms with E-state index in [9.17, 15) is 17.6 Å². The molecule has 0 radical (unpaired) electrons. The number of benzene rings is 1. The van der Waals surface area contributed by atoms with E-state index in [2.05, 4.69) is 17.0 Å². The van der Waals surface area contributed by atoms with Crippen LogP contribution in [0.2, 0.25) is 0 Å². The summed E-state index contributed by atoms with van der Waals surface area (Å²) in [5, 5.41) is 0. The largest absolute Gasteiger partial charge is 0.482 e. The predicted molar refractivity (Wildman–Crippen MR) is 109 cm³/mol. The fraction of sp³-hybridized carbons (Fsp3) is 0.381. The Morgan fingerprint density at radius 2 is 1.87 bits per heavy atom. The molecule has 0 bridgehead atoms. The van der Waals surface area contributed by atoms with E-state index in [1.165, 1.54) is 23.5 Å². The maximum Gasteiger partial charge on any atom is 0.227 e. The van der Waals surface area contributed by atoms with Crippen LogP contribution in [0, 0.1) is 0 Å². The second-order valence-electron chi connectivity index (χ2n) is 7.63. The Labute approximate surface area is 174 Å². The van der Waals surface area contributed by atoms with Crippen LogP contribution >= 0.6 is 0 Å². The van der Waals surface area contributed by atoms with Gasteiger partial charge < -0.3 is 9.15 Å². The topological polar surface area (TPSA) is 80.1 Å². The van der Waals surface area contributed by atoms with Gasteiger partial charge in [-0.15, -0.1) is 0 Å². The van der Waals surface area contributed by atoms with Crippen LogP contribution in [0.5, 0.6) is 5.75 Å². The molecule has 0 aliphatic carbocycles. The summed E-state index contributed by atoms with van der Waals surface area (Å²) < 4.78 is 49.4. The van der Waals surface area contributed by atoms with Gasteiger partial charge in [-0.1, -0.05) is 24.3 Å². The first-order valence-electron chi connectivity index (χ1n) is 9.65. The molecular weight excluding hydrogens is 411 g/mol. The van der Waals surface area contributed by atoms with Crippen LogP contribution in [0.15, 0.2) is 57.2 Å². The zero-order valence-electron chi connectivity index (χ0n) is 16.6. The van der Waals surface area contributed by atoms with Crippen LogP contribution in [-0.4, -0.2) is 43.6 Å². The van der Waals surface area contributed by atoms with E-state index in [-0.39, 0.29) is 37.3 Å². The van der Waals surface area contributed by atoms with Gasteiger partial charge in [-0.3, -0.25) is 9.69 Å². The van der Waals surface area contributed by atoms with Crippen molar-refractivity contribution in [1.29, 1.82) is 0 Å². The van der Waals surface area contributed by atoms with Crippen molar-refractivity contribution in [2.45, 2.75) is 26.1 Å². The smallest absolute Gasteiger partial charge is 0.227 e. The molecule has 1 aromatic heterocycles. The Kier molecular flexibility index (Phi) is 5.77. The summed E-state index contributed by atoms with van der Waals surface area (Å²) in [6.07, 6.45) is 2.53. The lowest BCUT2D eigenvalue weighted by Crippen LogP contribution is -2.36. The third-order valence-electron chi connectivity index (χ3n) is 5.37. The van der Waals surface area contributed by atoms with Crippen LogP contribution in [0.1, 0.15) is 23.3 Å². The molecule has 30 heavy (non-hydrogen) atoms. The van der Waals surface area contributed by atoms with Crippen LogP contribution in [0.25, 0.3) is 0 Å². The number of ether oxygens (including phenoxy) is 1. The first kappa shape index (κ1) is 20.8. The van der Waals surface area contributed by atoms with Gasteiger partial charge in [0.25, 0.3) is 0 Å². The Balaban J connectivity index is 1.36. The van der Waals surface area contributed by atoms with Crippen LogP contribution < -0.4 is 10.2 Å². The van der Waals surface area contributed by atoms with Gasteiger partial charge in [0.2, 0.25) is 21.2 Å². The summed E-state index contributed by atoms with van der Waals surface area (Å²) in [6.45, 7) is 1.88. The molecule has 0 fully saturated rings. The summed E-state index contributed by atoms with van der Waals surface area (Å²) in [6, 6.07) is 9.61. The second kappa shape index (κ2) is 8.33. The molecule has 7 nitrogen and oxygen atoms in total. The molecule has 0 N–H and O–H groups in total. The molecule has 2 aliphatic heterocycles. The third-order valence-corrected chi connectivity index (χ3v) is 6.62. The average Bonchev–Trinajstić information content (AvgIpc) is 3.09. The highest BCUT2D eigenvalue weighted by atomic mass is 32.2. The van der Waals surface area contributed by atoms with Crippen molar-refractivity contribution >= 4 is 10.0 Å². The van der Waals surface area contributed by atoms with E-state index >= 15 is 0 Å². The van der Waals surface area contributed by atoms with E-state index in [1.807, 2.05) is 12.1 Å². The Hall–Kier alpha value is -2.49. The summed E-state index contributed by atoms with van der Waals surface area (Å²) in [5.74, 6) is 0.00240. The summed E-state index contributed by atoms with van der Waals surface area (Å²) in [5.41, 5.74) is 2.57. The van der Waals surface area contributed by atoms with Crippen molar-refractivity contribution in [1.82, 2.24) is 9.21 Å². The number of hydrogen-bond acceptors (Lipinski definition) is 6. The first-order valence-corrected chi connectivity index (χ1v) is 11.5. The standard InChI is InChI=1S/C21H23FN2O5S/c1-30(26,27)24-7-6-17(19(22)12-24)13-29-21-14-28-18(8-20(21)25)11-23-9-15-4-2-3-5-16(15)10-23/h2-5,8,14H,6-7,9-13H2,1H3. The normalized spacial score (nSPS) is 17.9. The summed E-state index contributed by atoms with van der Waals surface area (Å²) >= 11 is 0. The molecule has 3 heterocycles. The Bertz CT molecular complexity index is 1120. The van der Waals surface area contributed by atoms with Crippen molar-refractivity contribution in [2.75, 3.05) is 26.0 Å². The lowest BCUT2D eigenvalue weighted by atomic mass is 10.1. The molecule has 9 heteroatoms. The Morgan fingerprint density at radius 3 is 2.47 bits per heavy atom. The van der Waals surface area contributed by atoms with Gasteiger partial charge in [0.05, 0.1) is 19.3 Å². The van der Waals surface area contributed by atoms with E-state index in [4.69, 9.17) is 9.15 Å². The van der Waals surface area contributed by atoms with E-state index in [0.717, 1.165) is 23.7 Å². The number of hydrogen-bond donors (Lipinski definition) is 0. The molecule has 0 saturated heterocycles. The molecule has 1 aromatic carbocycles. The highest BCUT2D eigenvalue weighted by Gasteiger charge is 2.26. The van der Waals surface area contributed by atoms with E-state index in [0.29, 0.717) is 17.9 Å². The van der Waals surface area contributed by atoms with Gasteiger partial charge in [-0.05, 0) is 17.5 Å². The van der Waals surface area contributed by atoms with Crippen LogP contribution in [-0.2, 0) is 29.7 Å². The molecule has 4 rings (SSSR count). The maximum absolute atomic E-state index is 14.2. The monoisotopic (exact) mass is 434 g/mol. The fourth-order valence-electron chi connectivity index (χ4n) is 3.70. The molecular formula is C21H23FN2O5S. The number of nitrogens with zero attached hydrogens (tertiary/aromatic N) is 2. The van der Waals surface area contributed by atoms with E-state index in [1.54, 1.807) is 0 Å². The quantitative estimate of drug-likeness (QED) is 0.695. The molecule has 2 aromatic rings. The van der Waals surface area contributed by atoms with Gasteiger partial charge in [-0.2, -0.15) is 4.31 Å². The highest BCUT2D eigenvalue weighted by Crippen LogP contribution is 2.24. The zero-order valence-corrected chi connectivity index (χ0v) is 17.5. The Morgan fingerprint density at radius 1 is 1.17 bits per heavy atom. The highest BCUT2D eigenvalue weighted by molar-refractivity contribution is 7.88. The maximum atomic E-state index is 14.2. The number of fused-ring (bicyclic) bond motifs is 1. The van der Waals surface area contributed by atoms with Gasteiger partial charge in [0.1, 0.15) is 24.5 Å². The van der Waals surface area contributed by atoms with Crippen LogP contribution in [0.4, 0.5) is 4.39 Å². The molecule has 0 saturated carbocycles. The minimum atomic E-state index is -3.44. The van der Waals surface area contributed by atoms with Gasteiger partial charge in [0, 0.05) is 31.3 Å². The van der Waals surface area contributed by atoms with Crippen molar-refractivity contribution in [3.8, 4) is 5.75 Å². The lowest BCUT2D eigenvalue weighted by molar-refractivity contribution is 0.243. The minimum Gasteiger partial charge on any atom is -0.482 e. The molecule has 0 amide bonds. The molecule has 0 unspecified atom stereocenters. The van der Waals surface area contributed by atoms with Gasteiger partial charge in [-0.25, -0.2) is 12.8 Å². The van der Waals surface area contributed by atoms with Crippen LogP contribution in [0.3, 0.4) is 0 Å². The number of rotatable bonds is 6. The first-order chi connectivity index (χ1) is 14.3. The fourth-order valence-corrected chi connectivity index (χ4v) is 4.47. The predicted octanol–water partition coefficient (Wildman–Crippen LogP) is 2.42. The number of halogens is 1. The molecule has 160 valence electrons. The summed E-state index contributed by atoms with van der Waals surface area (Å²) in [4.78, 5) is 14.5. The van der Waals surface area contributed by atoms with E-state index < -0.39 is 15.9 Å². The zero-order chi connectivity index (χ0) is 21.3. The SMILES string of the molecule is CS(=O)(=O)N1CCC(COc2coc(CN3Cc4ccccc4C3)cc2=O)=C(F)C1. The lowest BCUT2D eigenvalue weighted by Gasteiger charge is -2.25. The summed E-state index contributed by atoms with van der Waals surface area (Å²) in [7, 11) is -3.44. The van der Waals surface area contributed by atoms with Crippen molar-refractivity contribution in [3.05, 3.63) is 75.1 Å². The van der Waals surface area contributed by atoms with Gasteiger partial charge in [0.15, 0.2) is 0 Å². The van der Waals surface area contributed by atoms with Crippen molar-refractivity contribution < 1.29 is 22.0 Å². The molecule has 0 spiro atoms. The van der Waals surface area contributed by atoms with Crippen molar-refractivity contribution in [2.24, 2.45) is 0 Å². The number of sulfonamides is 1. The average molecular weight is 434 g/mol. The molecule has 0 atom stereocenters. The molecule has 2 aliphatic rings.